The summed E-state index contributed by atoms with van der Waals surface area (Å²) in [5, 5.41) is 2.79. The van der Waals surface area contributed by atoms with Gasteiger partial charge in [-0.05, 0) is 55.3 Å². The number of nitrogens with zero attached hydrogens (tertiary/aromatic N) is 1. The third kappa shape index (κ3) is 5.57. The number of hydrogen-bond donors (Lipinski definition) is 1. The van der Waals surface area contributed by atoms with Gasteiger partial charge < -0.3 is 5.32 Å². The molecule has 1 aliphatic heterocycles. The van der Waals surface area contributed by atoms with Gasteiger partial charge in [-0.1, -0.05) is 28.4 Å². The molecule has 144 valence electrons. The van der Waals surface area contributed by atoms with Crippen molar-refractivity contribution < 1.29 is 13.2 Å². The number of amides is 1. The van der Waals surface area contributed by atoms with Gasteiger partial charge >= 0.3 is 0 Å². The summed E-state index contributed by atoms with van der Waals surface area (Å²) in [5.41, 5.74) is 0.495. The Hall–Kier alpha value is -1.35. The van der Waals surface area contributed by atoms with Crippen LogP contribution in [0.2, 0.25) is 0 Å². The third-order valence-electron chi connectivity index (χ3n) is 4.25. The number of nitrogens with one attached hydrogen (secondary N) is 1. The van der Waals surface area contributed by atoms with Crippen LogP contribution in [0.15, 0.2) is 62.8 Å². The Labute approximate surface area is 172 Å². The van der Waals surface area contributed by atoms with E-state index in [-0.39, 0.29) is 16.6 Å². The van der Waals surface area contributed by atoms with Crippen molar-refractivity contribution in [3.05, 3.63) is 53.0 Å². The van der Waals surface area contributed by atoms with Gasteiger partial charge in [-0.25, -0.2) is 8.42 Å². The standard InChI is InChI=1S/C19H21BrN2O3S2/c20-15-7-9-17(10-8-15)26-14-19(23)21-16-5-4-6-18(13-16)27(24,25)22-11-2-1-3-12-22/h4-10,13H,1-3,11-12,14H2,(H,21,23). The number of rotatable bonds is 6. The van der Waals surface area contributed by atoms with E-state index in [1.54, 1.807) is 18.2 Å². The summed E-state index contributed by atoms with van der Waals surface area (Å²) in [7, 11) is -3.51. The zero-order valence-corrected chi connectivity index (χ0v) is 17.9. The van der Waals surface area contributed by atoms with Crippen LogP contribution in [0.4, 0.5) is 5.69 Å². The zero-order chi connectivity index (χ0) is 19.3. The number of piperidine rings is 1. The largest absolute Gasteiger partial charge is 0.325 e. The van der Waals surface area contributed by atoms with Crippen LogP contribution in [0.1, 0.15) is 19.3 Å². The summed E-state index contributed by atoms with van der Waals surface area (Å²) in [5.74, 6) is 0.0838. The van der Waals surface area contributed by atoms with Crippen LogP contribution >= 0.6 is 27.7 Å². The summed E-state index contributed by atoms with van der Waals surface area (Å²) < 4.78 is 28.1. The van der Waals surface area contributed by atoms with E-state index < -0.39 is 10.0 Å². The van der Waals surface area contributed by atoms with Gasteiger partial charge in [0.05, 0.1) is 10.6 Å². The molecule has 0 radical (unpaired) electrons. The van der Waals surface area contributed by atoms with Crippen LogP contribution in [0.3, 0.4) is 0 Å². The van der Waals surface area contributed by atoms with E-state index in [1.165, 1.54) is 22.1 Å². The number of carbonyl (C=O) groups excluding carboxylic acids is 1. The van der Waals surface area contributed by atoms with E-state index in [4.69, 9.17) is 0 Å². The maximum atomic E-state index is 12.8. The average Bonchev–Trinajstić information content (AvgIpc) is 2.68. The van der Waals surface area contributed by atoms with Crippen molar-refractivity contribution in [3.8, 4) is 0 Å². The highest BCUT2D eigenvalue weighted by Gasteiger charge is 2.26. The van der Waals surface area contributed by atoms with E-state index in [0.29, 0.717) is 18.8 Å². The number of hydrogen-bond acceptors (Lipinski definition) is 4. The highest BCUT2D eigenvalue weighted by Crippen LogP contribution is 2.24. The van der Waals surface area contributed by atoms with Crippen molar-refractivity contribution in [2.45, 2.75) is 29.1 Å². The highest BCUT2D eigenvalue weighted by molar-refractivity contribution is 9.10. The van der Waals surface area contributed by atoms with Gasteiger partial charge in [0, 0.05) is 28.1 Å². The van der Waals surface area contributed by atoms with Crippen molar-refractivity contribution >= 4 is 49.3 Å². The predicted octanol–water partition coefficient (Wildman–Crippen LogP) is 4.35. The fourth-order valence-electron chi connectivity index (χ4n) is 2.87. The van der Waals surface area contributed by atoms with Crippen LogP contribution in [0, 0.1) is 0 Å². The second kappa shape index (κ2) is 9.23. The summed E-state index contributed by atoms with van der Waals surface area (Å²) in [4.78, 5) is 13.4. The SMILES string of the molecule is O=C(CSc1ccc(Br)cc1)Nc1cccc(S(=O)(=O)N2CCCCC2)c1. The first-order valence-corrected chi connectivity index (χ1v) is 12.0. The fraction of sp³-hybridized carbons (Fsp3) is 0.316. The van der Waals surface area contributed by atoms with Crippen molar-refractivity contribution in [1.82, 2.24) is 4.31 Å². The van der Waals surface area contributed by atoms with E-state index in [2.05, 4.69) is 21.2 Å². The Morgan fingerprint density at radius 3 is 2.48 bits per heavy atom. The lowest BCUT2D eigenvalue weighted by atomic mass is 10.2. The van der Waals surface area contributed by atoms with Gasteiger partial charge in [0.25, 0.3) is 0 Å². The minimum Gasteiger partial charge on any atom is -0.325 e. The Morgan fingerprint density at radius 2 is 1.78 bits per heavy atom. The normalized spacial score (nSPS) is 15.4. The molecule has 1 aliphatic rings. The summed E-state index contributed by atoms with van der Waals surface area (Å²) >= 11 is 4.81. The topological polar surface area (TPSA) is 66.5 Å². The van der Waals surface area contributed by atoms with Gasteiger partial charge in [0.15, 0.2) is 0 Å². The van der Waals surface area contributed by atoms with Gasteiger partial charge in [-0.3, -0.25) is 4.79 Å². The van der Waals surface area contributed by atoms with Crippen LogP contribution in [-0.4, -0.2) is 37.5 Å². The molecule has 1 amide bonds. The summed E-state index contributed by atoms with van der Waals surface area (Å²) in [6.45, 7) is 1.12. The number of benzene rings is 2. The molecule has 0 atom stereocenters. The second-order valence-electron chi connectivity index (χ2n) is 6.28. The fourth-order valence-corrected chi connectivity index (χ4v) is 5.39. The van der Waals surface area contributed by atoms with Crippen molar-refractivity contribution in [3.63, 3.8) is 0 Å². The Kier molecular flexibility index (Phi) is 6.97. The second-order valence-corrected chi connectivity index (χ2v) is 10.2. The van der Waals surface area contributed by atoms with Gasteiger partial charge in [-0.15, -0.1) is 11.8 Å². The minimum absolute atomic E-state index is 0.171. The number of thioether (sulfide) groups is 1. The first-order chi connectivity index (χ1) is 12.9. The van der Waals surface area contributed by atoms with Gasteiger partial charge in [0.2, 0.25) is 15.9 Å². The molecule has 1 heterocycles. The molecule has 2 aromatic carbocycles. The molecule has 0 saturated carbocycles. The third-order valence-corrected chi connectivity index (χ3v) is 7.69. The van der Waals surface area contributed by atoms with E-state index in [0.717, 1.165) is 28.6 Å². The van der Waals surface area contributed by atoms with Crippen LogP contribution in [-0.2, 0) is 14.8 Å². The molecule has 0 aliphatic carbocycles. The number of anilines is 1. The lowest BCUT2D eigenvalue weighted by Gasteiger charge is -2.26. The molecular formula is C19H21BrN2O3S2. The Morgan fingerprint density at radius 1 is 1.07 bits per heavy atom. The van der Waals surface area contributed by atoms with Crippen LogP contribution in [0.25, 0.3) is 0 Å². The zero-order valence-electron chi connectivity index (χ0n) is 14.7. The van der Waals surface area contributed by atoms with Crippen molar-refractivity contribution in [2.24, 2.45) is 0 Å². The average molecular weight is 469 g/mol. The van der Waals surface area contributed by atoms with Crippen LogP contribution < -0.4 is 5.32 Å². The lowest BCUT2D eigenvalue weighted by molar-refractivity contribution is -0.113. The van der Waals surface area contributed by atoms with Crippen LogP contribution in [0.5, 0.6) is 0 Å². The maximum Gasteiger partial charge on any atom is 0.243 e. The molecule has 0 spiro atoms. The summed E-state index contributed by atoms with van der Waals surface area (Å²) in [6, 6.07) is 14.2. The predicted molar refractivity (Wildman–Crippen MR) is 113 cm³/mol. The smallest absolute Gasteiger partial charge is 0.243 e. The molecule has 1 saturated heterocycles. The molecule has 2 aromatic rings. The van der Waals surface area contributed by atoms with Crippen molar-refractivity contribution in [1.29, 1.82) is 0 Å². The first-order valence-electron chi connectivity index (χ1n) is 8.73. The van der Waals surface area contributed by atoms with E-state index in [9.17, 15) is 13.2 Å². The first kappa shape index (κ1) is 20.4. The maximum absolute atomic E-state index is 12.8. The van der Waals surface area contributed by atoms with Crippen molar-refractivity contribution in [2.75, 3.05) is 24.2 Å². The summed E-state index contributed by atoms with van der Waals surface area (Å²) in [6.07, 6.45) is 2.85. The monoisotopic (exact) mass is 468 g/mol. The molecule has 0 aromatic heterocycles. The van der Waals surface area contributed by atoms with E-state index >= 15 is 0 Å². The molecule has 27 heavy (non-hydrogen) atoms. The number of halogens is 1. The molecule has 8 heteroatoms. The lowest BCUT2D eigenvalue weighted by Crippen LogP contribution is -2.35. The molecule has 3 rings (SSSR count). The Balaban J connectivity index is 1.63. The molecule has 5 nitrogen and oxygen atoms in total. The quantitative estimate of drug-likeness (QED) is 0.639. The van der Waals surface area contributed by atoms with Gasteiger partial charge in [0.1, 0.15) is 0 Å². The number of carbonyl (C=O) groups is 1. The molecule has 1 N–H and O–H groups in total. The minimum atomic E-state index is -3.51. The molecule has 1 fully saturated rings. The Bertz CT molecular complexity index is 895. The molecule has 0 bridgehead atoms. The van der Waals surface area contributed by atoms with E-state index in [1.807, 2.05) is 24.3 Å². The highest BCUT2D eigenvalue weighted by atomic mass is 79.9. The molecular weight excluding hydrogens is 448 g/mol. The number of sulfonamides is 1. The van der Waals surface area contributed by atoms with Gasteiger partial charge in [-0.2, -0.15) is 4.31 Å². The molecule has 0 unspecified atom stereocenters.